The monoisotopic (exact) mass is 298 g/mol. The lowest BCUT2D eigenvalue weighted by Crippen LogP contribution is -2.31. The molecule has 1 atom stereocenters. The van der Waals surface area contributed by atoms with Crippen LogP contribution in [0.15, 0.2) is 47.3 Å². The average molecular weight is 298 g/mol. The van der Waals surface area contributed by atoms with Crippen molar-refractivity contribution >= 4 is 18.1 Å². The van der Waals surface area contributed by atoms with Gasteiger partial charge in [-0.15, -0.1) is 0 Å². The van der Waals surface area contributed by atoms with Gasteiger partial charge in [0.1, 0.15) is 0 Å². The second-order valence-electron chi connectivity index (χ2n) is 4.71. The maximum Gasteiger partial charge on any atom is 0.330 e. The quantitative estimate of drug-likeness (QED) is 0.796. The lowest BCUT2D eigenvalue weighted by molar-refractivity contribution is -0.147. The summed E-state index contributed by atoms with van der Waals surface area (Å²) in [6.07, 6.45) is 3.69. The molecule has 0 saturated carbocycles. The normalized spacial score (nSPS) is 12.3. The molecule has 1 unspecified atom stereocenters. The van der Waals surface area contributed by atoms with E-state index in [1.165, 1.54) is 6.07 Å². The third kappa shape index (κ3) is 3.91. The summed E-state index contributed by atoms with van der Waals surface area (Å²) in [5, 5.41) is 4.21. The van der Waals surface area contributed by atoms with Crippen LogP contribution in [0.3, 0.4) is 0 Å². The fraction of sp³-hybridized carbons (Fsp3) is 0.235. The van der Waals surface area contributed by atoms with Crippen molar-refractivity contribution in [3.63, 3.8) is 0 Å². The topological polar surface area (TPSA) is 61.2 Å². The number of carbonyl (C=O) groups is 1. The van der Waals surface area contributed by atoms with Gasteiger partial charge in [-0.25, -0.2) is 9.48 Å². The molecule has 0 aliphatic rings. The smallest absolute Gasteiger partial charge is 0.330 e. The summed E-state index contributed by atoms with van der Waals surface area (Å²) in [6, 6.07) is 12.0. The molecule has 22 heavy (non-hydrogen) atoms. The van der Waals surface area contributed by atoms with Crippen LogP contribution >= 0.6 is 0 Å². The highest BCUT2D eigenvalue weighted by molar-refractivity contribution is 5.73. The predicted octanol–water partition coefficient (Wildman–Crippen LogP) is 2.54. The van der Waals surface area contributed by atoms with E-state index >= 15 is 0 Å². The van der Waals surface area contributed by atoms with Crippen molar-refractivity contribution in [3.05, 3.63) is 64.1 Å². The number of rotatable bonds is 5. The number of benzene rings is 1. The summed E-state index contributed by atoms with van der Waals surface area (Å²) in [6.45, 7) is 3.59. The van der Waals surface area contributed by atoms with Crippen LogP contribution in [0.2, 0.25) is 0 Å². The fourth-order valence-corrected chi connectivity index (χ4v) is 1.91. The molecule has 5 nitrogen and oxygen atoms in total. The van der Waals surface area contributed by atoms with Crippen LogP contribution in [-0.4, -0.2) is 22.4 Å². The van der Waals surface area contributed by atoms with E-state index in [0.29, 0.717) is 5.69 Å². The molecule has 0 amide bonds. The Kier molecular flexibility index (Phi) is 5.25. The molecule has 114 valence electrons. The van der Waals surface area contributed by atoms with Crippen molar-refractivity contribution in [3.8, 4) is 0 Å². The maximum absolute atomic E-state index is 11.9. The predicted molar refractivity (Wildman–Crippen MR) is 85.2 cm³/mol. The van der Waals surface area contributed by atoms with Crippen LogP contribution in [0, 0.1) is 0 Å². The second kappa shape index (κ2) is 7.36. The van der Waals surface area contributed by atoms with E-state index in [-0.39, 0.29) is 12.2 Å². The molecule has 0 aliphatic heterocycles. The number of carbonyl (C=O) groups excluding carboxylic acids is 1. The Hall–Kier alpha value is -2.69. The summed E-state index contributed by atoms with van der Waals surface area (Å²) in [5.41, 5.74) is 1.29. The Balaban J connectivity index is 2.25. The van der Waals surface area contributed by atoms with Gasteiger partial charge in [0, 0.05) is 6.07 Å². The summed E-state index contributed by atoms with van der Waals surface area (Å²) in [5.74, 6) is -0.471. The minimum atomic E-state index is -0.752. The average Bonchev–Trinajstić information content (AvgIpc) is 2.54. The number of nitrogens with zero attached hydrogens (tertiary/aromatic N) is 2. The van der Waals surface area contributed by atoms with E-state index in [1.807, 2.05) is 36.4 Å². The highest BCUT2D eigenvalue weighted by Crippen LogP contribution is 2.07. The first-order valence-electron chi connectivity index (χ1n) is 7.11. The molecule has 1 aromatic heterocycles. The largest absolute Gasteiger partial charge is 0.464 e. The van der Waals surface area contributed by atoms with Crippen LogP contribution in [0.5, 0.6) is 0 Å². The van der Waals surface area contributed by atoms with Crippen molar-refractivity contribution in [1.29, 1.82) is 0 Å². The standard InChI is InChI=1S/C17H18N2O3/c1-3-22-17(21)13(2)19-16(20)12-11-15(18-19)10-9-14-7-5-4-6-8-14/h4-13H,3H2,1-2H3. The van der Waals surface area contributed by atoms with E-state index in [2.05, 4.69) is 5.10 Å². The second-order valence-corrected chi connectivity index (χ2v) is 4.71. The van der Waals surface area contributed by atoms with Crippen molar-refractivity contribution < 1.29 is 9.53 Å². The molecule has 1 aromatic carbocycles. The van der Waals surface area contributed by atoms with Gasteiger partial charge in [0.05, 0.1) is 12.3 Å². The van der Waals surface area contributed by atoms with Crippen molar-refractivity contribution in [1.82, 2.24) is 9.78 Å². The summed E-state index contributed by atoms with van der Waals surface area (Å²) < 4.78 is 6.07. The molecule has 2 aromatic rings. The van der Waals surface area contributed by atoms with Crippen LogP contribution in [0.25, 0.3) is 12.2 Å². The molecule has 0 spiro atoms. The van der Waals surface area contributed by atoms with Crippen molar-refractivity contribution in [2.75, 3.05) is 6.61 Å². The Labute approximate surface area is 128 Å². The molecular weight excluding hydrogens is 280 g/mol. The molecule has 0 aliphatic carbocycles. The SMILES string of the molecule is CCOC(=O)C(C)n1nc(C=Cc2ccccc2)ccc1=O. The first-order valence-corrected chi connectivity index (χ1v) is 7.11. The molecule has 0 bridgehead atoms. The van der Waals surface area contributed by atoms with E-state index in [4.69, 9.17) is 4.74 Å². The van der Waals surface area contributed by atoms with Gasteiger partial charge in [0.25, 0.3) is 5.56 Å². The van der Waals surface area contributed by atoms with Gasteiger partial charge in [-0.05, 0) is 31.6 Å². The molecule has 0 radical (unpaired) electrons. The number of hydrogen-bond donors (Lipinski definition) is 0. The lowest BCUT2D eigenvalue weighted by Gasteiger charge is -2.12. The lowest BCUT2D eigenvalue weighted by atomic mass is 10.2. The van der Waals surface area contributed by atoms with E-state index in [0.717, 1.165) is 10.2 Å². The molecular formula is C17H18N2O3. The minimum absolute atomic E-state index is 0.269. The maximum atomic E-state index is 11.9. The van der Waals surface area contributed by atoms with Crippen LogP contribution < -0.4 is 5.56 Å². The third-order valence-electron chi connectivity index (χ3n) is 3.09. The number of aromatic nitrogens is 2. The van der Waals surface area contributed by atoms with Gasteiger partial charge < -0.3 is 4.74 Å². The number of hydrogen-bond acceptors (Lipinski definition) is 4. The molecule has 0 saturated heterocycles. The summed E-state index contributed by atoms with van der Waals surface area (Å²) >= 11 is 0. The Morgan fingerprint density at radius 3 is 2.64 bits per heavy atom. The fourth-order valence-electron chi connectivity index (χ4n) is 1.91. The molecule has 2 rings (SSSR count). The van der Waals surface area contributed by atoms with Gasteiger partial charge in [0.2, 0.25) is 0 Å². The van der Waals surface area contributed by atoms with Gasteiger partial charge in [-0.2, -0.15) is 5.10 Å². The summed E-state index contributed by atoms with van der Waals surface area (Å²) in [4.78, 5) is 23.6. The first kappa shape index (κ1) is 15.7. The van der Waals surface area contributed by atoms with E-state index in [1.54, 1.807) is 26.0 Å². The van der Waals surface area contributed by atoms with Crippen molar-refractivity contribution in [2.24, 2.45) is 0 Å². The molecule has 5 heteroatoms. The van der Waals surface area contributed by atoms with Crippen molar-refractivity contribution in [2.45, 2.75) is 19.9 Å². The zero-order valence-electron chi connectivity index (χ0n) is 12.6. The molecule has 0 fully saturated rings. The van der Waals surface area contributed by atoms with Crippen LogP contribution in [0.4, 0.5) is 0 Å². The van der Waals surface area contributed by atoms with E-state index in [9.17, 15) is 9.59 Å². The Morgan fingerprint density at radius 1 is 1.23 bits per heavy atom. The summed E-state index contributed by atoms with van der Waals surface area (Å²) in [7, 11) is 0. The molecule has 0 N–H and O–H groups in total. The first-order chi connectivity index (χ1) is 10.6. The Bertz CT molecular complexity index is 720. The van der Waals surface area contributed by atoms with Crippen LogP contribution in [-0.2, 0) is 9.53 Å². The zero-order chi connectivity index (χ0) is 15.9. The minimum Gasteiger partial charge on any atom is -0.464 e. The van der Waals surface area contributed by atoms with Gasteiger partial charge >= 0.3 is 5.97 Å². The molecule has 1 heterocycles. The third-order valence-corrected chi connectivity index (χ3v) is 3.09. The zero-order valence-corrected chi connectivity index (χ0v) is 12.6. The van der Waals surface area contributed by atoms with E-state index < -0.39 is 12.0 Å². The number of ether oxygens (including phenoxy) is 1. The van der Waals surface area contributed by atoms with Gasteiger partial charge in [-0.3, -0.25) is 4.79 Å². The highest BCUT2D eigenvalue weighted by atomic mass is 16.5. The Morgan fingerprint density at radius 2 is 1.95 bits per heavy atom. The van der Waals surface area contributed by atoms with Gasteiger partial charge in [-0.1, -0.05) is 36.4 Å². The van der Waals surface area contributed by atoms with Gasteiger partial charge in [0.15, 0.2) is 6.04 Å². The highest BCUT2D eigenvalue weighted by Gasteiger charge is 2.18. The number of esters is 1. The van der Waals surface area contributed by atoms with Crippen LogP contribution in [0.1, 0.15) is 31.1 Å².